The van der Waals surface area contributed by atoms with Crippen molar-refractivity contribution in [1.82, 2.24) is 19.6 Å². The number of morpholine rings is 1. The summed E-state index contributed by atoms with van der Waals surface area (Å²) in [6.45, 7) is 6.02. The van der Waals surface area contributed by atoms with Crippen molar-refractivity contribution in [2.45, 2.75) is 25.4 Å². The highest BCUT2D eigenvalue weighted by Gasteiger charge is 2.30. The zero-order valence-corrected chi connectivity index (χ0v) is 16.9. The predicted octanol–water partition coefficient (Wildman–Crippen LogP) is 2.59. The Balaban J connectivity index is 1.32. The molecule has 2 aromatic rings. The summed E-state index contributed by atoms with van der Waals surface area (Å²) < 4.78 is 12.5. The van der Waals surface area contributed by atoms with Crippen LogP contribution in [-0.2, 0) is 11.3 Å². The van der Waals surface area contributed by atoms with Gasteiger partial charge in [0.1, 0.15) is 5.75 Å². The predicted molar refractivity (Wildman–Crippen MR) is 110 cm³/mol. The lowest BCUT2D eigenvalue weighted by atomic mass is 10.0. The highest BCUT2D eigenvalue weighted by molar-refractivity contribution is 5.89. The van der Waals surface area contributed by atoms with Gasteiger partial charge in [-0.1, -0.05) is 12.1 Å². The van der Waals surface area contributed by atoms with Gasteiger partial charge in [-0.15, -0.1) is 0 Å². The van der Waals surface area contributed by atoms with Gasteiger partial charge >= 0.3 is 6.03 Å². The molecule has 1 unspecified atom stereocenters. The van der Waals surface area contributed by atoms with Crippen molar-refractivity contribution in [3.05, 3.63) is 42.2 Å². The zero-order chi connectivity index (χ0) is 20.1. The number of nitrogens with one attached hydrogen (secondary N) is 1. The number of amides is 2. The van der Waals surface area contributed by atoms with Crippen LogP contribution in [0.3, 0.4) is 0 Å². The van der Waals surface area contributed by atoms with E-state index in [1.165, 1.54) is 0 Å². The Hall–Kier alpha value is -2.58. The Morgan fingerprint density at radius 1 is 1.21 bits per heavy atom. The maximum Gasteiger partial charge on any atom is 0.322 e. The lowest BCUT2D eigenvalue weighted by Gasteiger charge is -2.26. The van der Waals surface area contributed by atoms with Crippen LogP contribution in [0.2, 0.25) is 0 Å². The van der Waals surface area contributed by atoms with Crippen molar-refractivity contribution in [1.29, 1.82) is 0 Å². The molecule has 0 saturated carbocycles. The van der Waals surface area contributed by atoms with Crippen LogP contribution in [-0.4, -0.2) is 72.1 Å². The Kier molecular flexibility index (Phi) is 6.31. The maximum atomic E-state index is 12.9. The average Bonchev–Trinajstić information content (AvgIpc) is 3.43. The number of benzene rings is 1. The Bertz CT molecular complexity index is 801. The quantitative estimate of drug-likeness (QED) is 0.808. The SMILES string of the molecule is COc1ccc(C2CCCN2C(=O)Nc2cnn(CCN3CCOCC3)c2)cc1. The molecule has 2 aliphatic heterocycles. The minimum atomic E-state index is -0.0731. The summed E-state index contributed by atoms with van der Waals surface area (Å²) in [5.74, 6) is 0.826. The molecule has 2 saturated heterocycles. The van der Waals surface area contributed by atoms with Crippen molar-refractivity contribution < 1.29 is 14.3 Å². The van der Waals surface area contributed by atoms with Gasteiger partial charge in [-0.05, 0) is 30.5 Å². The number of carbonyl (C=O) groups is 1. The van der Waals surface area contributed by atoms with Crippen molar-refractivity contribution in [3.8, 4) is 5.75 Å². The average molecular weight is 399 g/mol. The van der Waals surface area contributed by atoms with Gasteiger partial charge in [0.25, 0.3) is 0 Å². The van der Waals surface area contributed by atoms with E-state index in [-0.39, 0.29) is 12.1 Å². The summed E-state index contributed by atoms with van der Waals surface area (Å²) in [6, 6.07) is 8.00. The van der Waals surface area contributed by atoms with E-state index in [0.29, 0.717) is 0 Å². The van der Waals surface area contributed by atoms with Crippen molar-refractivity contribution in [3.63, 3.8) is 0 Å². The van der Waals surface area contributed by atoms with Gasteiger partial charge < -0.3 is 19.7 Å². The lowest BCUT2D eigenvalue weighted by molar-refractivity contribution is 0.0360. The molecule has 29 heavy (non-hydrogen) atoms. The van der Waals surface area contributed by atoms with E-state index in [2.05, 4.69) is 15.3 Å². The van der Waals surface area contributed by atoms with E-state index in [1.807, 2.05) is 40.0 Å². The fraction of sp³-hybridized carbons (Fsp3) is 0.524. The second-order valence-electron chi connectivity index (χ2n) is 7.50. The first kappa shape index (κ1) is 19.7. The number of likely N-dealkylation sites (tertiary alicyclic amines) is 1. The van der Waals surface area contributed by atoms with Crippen molar-refractivity contribution in [2.24, 2.45) is 0 Å². The number of nitrogens with zero attached hydrogens (tertiary/aromatic N) is 4. The molecule has 2 amide bonds. The number of hydrogen-bond donors (Lipinski definition) is 1. The molecule has 3 heterocycles. The van der Waals surface area contributed by atoms with E-state index < -0.39 is 0 Å². The Morgan fingerprint density at radius 3 is 2.76 bits per heavy atom. The van der Waals surface area contributed by atoms with E-state index in [4.69, 9.17) is 9.47 Å². The first-order valence-corrected chi connectivity index (χ1v) is 10.3. The third-order valence-electron chi connectivity index (χ3n) is 5.65. The summed E-state index contributed by atoms with van der Waals surface area (Å²) in [4.78, 5) is 17.1. The first-order chi connectivity index (χ1) is 14.2. The third-order valence-corrected chi connectivity index (χ3v) is 5.65. The van der Waals surface area contributed by atoms with E-state index in [0.717, 1.165) is 75.8 Å². The molecule has 0 bridgehead atoms. The van der Waals surface area contributed by atoms with Gasteiger partial charge in [-0.25, -0.2) is 4.79 Å². The normalized spacial score (nSPS) is 20.0. The molecule has 8 nitrogen and oxygen atoms in total. The summed E-state index contributed by atoms with van der Waals surface area (Å²) in [6.07, 6.45) is 5.59. The molecule has 2 aliphatic rings. The fourth-order valence-corrected chi connectivity index (χ4v) is 4.00. The zero-order valence-electron chi connectivity index (χ0n) is 16.9. The molecule has 4 rings (SSSR count). The molecule has 156 valence electrons. The smallest absolute Gasteiger partial charge is 0.322 e. The molecule has 0 radical (unpaired) electrons. The van der Waals surface area contributed by atoms with E-state index in [9.17, 15) is 4.79 Å². The summed E-state index contributed by atoms with van der Waals surface area (Å²) in [5.41, 5.74) is 1.87. The minimum Gasteiger partial charge on any atom is -0.497 e. The Morgan fingerprint density at radius 2 is 2.00 bits per heavy atom. The number of methoxy groups -OCH3 is 1. The number of hydrogen-bond acceptors (Lipinski definition) is 5. The number of urea groups is 1. The molecule has 8 heteroatoms. The van der Waals surface area contributed by atoms with Crippen LogP contribution in [0.1, 0.15) is 24.4 Å². The lowest BCUT2D eigenvalue weighted by Crippen LogP contribution is -2.38. The number of anilines is 1. The number of carbonyl (C=O) groups excluding carboxylic acids is 1. The molecular formula is C21H29N5O3. The van der Waals surface area contributed by atoms with Crippen LogP contribution < -0.4 is 10.1 Å². The monoisotopic (exact) mass is 399 g/mol. The third kappa shape index (κ3) is 4.89. The molecular weight excluding hydrogens is 370 g/mol. The van der Waals surface area contributed by atoms with Crippen LogP contribution in [0, 0.1) is 0 Å². The van der Waals surface area contributed by atoms with Gasteiger partial charge in [-0.2, -0.15) is 5.10 Å². The molecule has 0 aliphatic carbocycles. The van der Waals surface area contributed by atoms with Crippen LogP contribution in [0.25, 0.3) is 0 Å². The molecule has 1 atom stereocenters. The number of ether oxygens (including phenoxy) is 2. The fourth-order valence-electron chi connectivity index (χ4n) is 4.00. The highest BCUT2D eigenvalue weighted by atomic mass is 16.5. The second-order valence-corrected chi connectivity index (χ2v) is 7.50. The second kappa shape index (κ2) is 9.28. The largest absolute Gasteiger partial charge is 0.497 e. The number of rotatable bonds is 6. The maximum absolute atomic E-state index is 12.9. The topological polar surface area (TPSA) is 71.9 Å². The minimum absolute atomic E-state index is 0.0731. The van der Waals surface area contributed by atoms with E-state index >= 15 is 0 Å². The molecule has 1 aromatic carbocycles. The van der Waals surface area contributed by atoms with Gasteiger partial charge in [0.15, 0.2) is 0 Å². The summed E-state index contributed by atoms with van der Waals surface area (Å²) >= 11 is 0. The summed E-state index contributed by atoms with van der Waals surface area (Å²) in [5, 5.41) is 7.40. The Labute approximate surface area is 171 Å². The number of aromatic nitrogens is 2. The molecule has 1 aromatic heterocycles. The van der Waals surface area contributed by atoms with Gasteiger partial charge in [-0.3, -0.25) is 9.58 Å². The molecule has 2 fully saturated rings. The van der Waals surface area contributed by atoms with Crippen LogP contribution in [0.15, 0.2) is 36.7 Å². The molecule has 0 spiro atoms. The summed E-state index contributed by atoms with van der Waals surface area (Å²) in [7, 11) is 1.66. The van der Waals surface area contributed by atoms with E-state index in [1.54, 1.807) is 13.3 Å². The van der Waals surface area contributed by atoms with Crippen molar-refractivity contribution >= 4 is 11.7 Å². The van der Waals surface area contributed by atoms with Gasteiger partial charge in [0, 0.05) is 32.4 Å². The van der Waals surface area contributed by atoms with Gasteiger partial charge in [0.05, 0.1) is 44.8 Å². The highest BCUT2D eigenvalue weighted by Crippen LogP contribution is 2.33. The van der Waals surface area contributed by atoms with Crippen LogP contribution >= 0.6 is 0 Å². The van der Waals surface area contributed by atoms with Crippen molar-refractivity contribution in [2.75, 3.05) is 51.8 Å². The van der Waals surface area contributed by atoms with Crippen LogP contribution in [0.5, 0.6) is 5.75 Å². The standard InChI is InChI=1S/C21H29N5O3/c1-28-19-6-4-17(5-7-19)20-3-2-8-26(20)21(27)23-18-15-22-25(16-18)10-9-24-11-13-29-14-12-24/h4-7,15-16,20H,2-3,8-14H2,1H3,(H,23,27). The molecule has 1 N–H and O–H groups in total. The van der Waals surface area contributed by atoms with Gasteiger partial charge in [0.2, 0.25) is 0 Å². The first-order valence-electron chi connectivity index (χ1n) is 10.3. The van der Waals surface area contributed by atoms with Crippen LogP contribution in [0.4, 0.5) is 10.5 Å².